The number of nitrogens with one attached hydrogen (secondary N) is 2. The normalized spacial score (nSPS) is 32.0. The number of anilines is 1. The summed E-state index contributed by atoms with van der Waals surface area (Å²) >= 11 is 1.10. The Hall–Kier alpha value is -3.89. The number of hydrogen-bond acceptors (Lipinski definition) is 23. The minimum Gasteiger partial charge on any atom is -0.422 e. The van der Waals surface area contributed by atoms with Gasteiger partial charge in [-0.25, -0.2) is 4.79 Å². The number of aliphatic hydroxyl groups excluding tert-OH is 11. The number of nitrogens with zero attached hydrogens (tertiary/aromatic N) is 1. The first-order valence-electron chi connectivity index (χ1n) is 22.9. The number of hydrogen-bond donors (Lipinski definition) is 13. The molecule has 70 heavy (non-hydrogen) atoms. The molecule has 4 heterocycles. The summed E-state index contributed by atoms with van der Waals surface area (Å²) in [6, 6.07) is 6.74. The summed E-state index contributed by atoms with van der Waals surface area (Å²) in [6.45, 7) is 2.67. The third kappa shape index (κ3) is 13.4. The first-order valence-corrected chi connectivity index (χ1v) is 24.1. The first-order chi connectivity index (χ1) is 33.4. The van der Waals surface area contributed by atoms with Gasteiger partial charge in [0, 0.05) is 61.1 Å². The number of carbonyl (C=O) groups excluding carboxylic acids is 3. The molecule has 3 aliphatic rings. The highest BCUT2D eigenvalue weighted by Gasteiger charge is 2.59. The molecule has 3 saturated heterocycles. The Balaban J connectivity index is 1.24. The summed E-state index contributed by atoms with van der Waals surface area (Å²) in [6.07, 6.45) is -21.1. The van der Waals surface area contributed by atoms with E-state index in [-0.39, 0.29) is 61.7 Å². The Morgan fingerprint density at radius 1 is 0.871 bits per heavy atom. The van der Waals surface area contributed by atoms with Crippen molar-refractivity contribution in [3.63, 3.8) is 0 Å². The molecule has 0 bridgehead atoms. The van der Waals surface area contributed by atoms with Gasteiger partial charge in [0.25, 0.3) is 5.91 Å². The molecule has 2 aromatic rings. The molecule has 25 heteroatoms. The van der Waals surface area contributed by atoms with Crippen molar-refractivity contribution in [2.24, 2.45) is 5.92 Å². The molecule has 13 N–H and O–H groups in total. The molecule has 0 saturated carbocycles. The van der Waals surface area contributed by atoms with Gasteiger partial charge in [0.05, 0.1) is 31.8 Å². The topological polar surface area (TPSA) is 377 Å². The third-order valence-corrected chi connectivity index (χ3v) is 13.6. The summed E-state index contributed by atoms with van der Waals surface area (Å²) in [5.74, 6) is -3.12. The Labute approximate surface area is 406 Å². The predicted molar refractivity (Wildman–Crippen MR) is 245 cm³/mol. The average molecular weight is 1020 g/mol. The first kappa shape index (κ1) is 57.0. The van der Waals surface area contributed by atoms with Gasteiger partial charge in [-0.05, 0) is 44.9 Å². The zero-order valence-electron chi connectivity index (χ0n) is 38.6. The van der Waals surface area contributed by atoms with Crippen LogP contribution in [0.1, 0.15) is 49.9 Å². The number of amides is 2. The monoisotopic (exact) mass is 1020 g/mol. The number of fused-ring (bicyclic) bond motifs is 1. The van der Waals surface area contributed by atoms with E-state index in [4.69, 9.17) is 34.5 Å². The zero-order chi connectivity index (χ0) is 51.4. The highest BCUT2D eigenvalue weighted by Crippen LogP contribution is 2.37. The lowest BCUT2D eigenvalue weighted by Gasteiger charge is -2.45. The lowest BCUT2D eigenvalue weighted by Crippen LogP contribution is -2.64. The molecule has 2 unspecified atom stereocenters. The van der Waals surface area contributed by atoms with E-state index in [1.807, 2.05) is 19.9 Å². The molecule has 1 aromatic carbocycles. The van der Waals surface area contributed by atoms with E-state index in [0.29, 0.717) is 11.0 Å². The number of Topliss-reactive ketones (excluding diaryl/α,β-unsaturated/α-hetero) is 1. The minimum atomic E-state index is -2.48. The zero-order valence-corrected chi connectivity index (χ0v) is 39.4. The van der Waals surface area contributed by atoms with Gasteiger partial charge < -0.3 is 99.8 Å². The van der Waals surface area contributed by atoms with Gasteiger partial charge in [-0.2, -0.15) is 11.8 Å². The van der Waals surface area contributed by atoms with E-state index in [1.165, 1.54) is 6.07 Å². The van der Waals surface area contributed by atoms with Crippen LogP contribution in [0.15, 0.2) is 33.5 Å². The molecule has 0 aliphatic carbocycles. The van der Waals surface area contributed by atoms with Crippen molar-refractivity contribution >= 4 is 46.0 Å². The van der Waals surface area contributed by atoms with Gasteiger partial charge in [0.1, 0.15) is 90.7 Å². The molecule has 5 rings (SSSR count). The van der Waals surface area contributed by atoms with Crippen LogP contribution in [0.3, 0.4) is 0 Å². The maximum atomic E-state index is 13.8. The Kier molecular flexibility index (Phi) is 21.3. The molecule has 2 amide bonds. The number of ketones is 1. The molecule has 3 fully saturated rings. The van der Waals surface area contributed by atoms with Crippen LogP contribution in [0.25, 0.3) is 11.0 Å². The smallest absolute Gasteiger partial charge is 0.349 e. The summed E-state index contributed by atoms with van der Waals surface area (Å²) < 4.78 is 33.3. The van der Waals surface area contributed by atoms with Crippen LogP contribution in [0.2, 0.25) is 0 Å². The highest BCUT2D eigenvalue weighted by atomic mass is 32.2. The largest absolute Gasteiger partial charge is 0.422 e. The maximum Gasteiger partial charge on any atom is 0.349 e. The fraction of sp³-hybridized carbons (Fsp3) is 0.689. The second-order valence-electron chi connectivity index (χ2n) is 17.1. The van der Waals surface area contributed by atoms with Crippen LogP contribution in [0.4, 0.5) is 5.69 Å². The van der Waals surface area contributed by atoms with E-state index in [9.17, 15) is 75.3 Å². The quantitative estimate of drug-likeness (QED) is 0.0253. The number of terminal acetylenes is 1. The van der Waals surface area contributed by atoms with Crippen LogP contribution in [0.5, 0.6) is 0 Å². The SMILES string of the molecule is C#CCNC(=O)CCCCC(=O)C(CSCCNC(=O)c1cc2ccc(N(CC)CC)cc2oc1=O)C(O)[C@H]1O[C@H](OC[C@H]2O[C@H](O[C@]3(CO)O[C@H](CO)[C@@H](O)[C@@H]3O)[C@H](O)[C@@H](O)[C@@H]2O)[C@H](O)[C@@H](O)[C@H]1O. The third-order valence-electron chi connectivity index (χ3n) is 12.5. The molecule has 16 atom stereocenters. The van der Waals surface area contributed by atoms with Gasteiger partial charge in [-0.1, -0.05) is 5.92 Å². The van der Waals surface area contributed by atoms with Crippen molar-refractivity contribution in [2.75, 3.05) is 62.4 Å². The minimum absolute atomic E-state index is 0.0124. The number of unbranched alkanes of at least 4 members (excludes halogenated alkanes) is 1. The van der Waals surface area contributed by atoms with Crippen LogP contribution < -0.4 is 21.2 Å². The Morgan fingerprint density at radius 3 is 2.21 bits per heavy atom. The van der Waals surface area contributed by atoms with Gasteiger partial charge in [0.15, 0.2) is 12.6 Å². The number of thioether (sulfide) groups is 1. The second kappa shape index (κ2) is 26.2. The van der Waals surface area contributed by atoms with Crippen molar-refractivity contribution in [2.45, 2.75) is 131 Å². The molecule has 392 valence electrons. The Morgan fingerprint density at radius 2 is 1.56 bits per heavy atom. The van der Waals surface area contributed by atoms with Gasteiger partial charge in [-0.3, -0.25) is 14.4 Å². The van der Waals surface area contributed by atoms with Gasteiger partial charge in [-0.15, -0.1) is 6.42 Å². The fourth-order valence-corrected chi connectivity index (χ4v) is 9.36. The average Bonchev–Trinajstić information content (AvgIpc) is 3.59. The summed E-state index contributed by atoms with van der Waals surface area (Å²) in [5.41, 5.74) is 0.0755. The van der Waals surface area contributed by atoms with Crippen LogP contribution in [-0.2, 0) is 33.3 Å². The van der Waals surface area contributed by atoms with E-state index < -0.39 is 135 Å². The number of aliphatic hydroxyl groups is 11. The van der Waals surface area contributed by atoms with Crippen molar-refractivity contribution < 1.29 is 98.7 Å². The number of rotatable bonds is 25. The van der Waals surface area contributed by atoms with E-state index in [1.54, 1.807) is 12.1 Å². The summed E-state index contributed by atoms with van der Waals surface area (Å²) in [4.78, 5) is 53.9. The highest BCUT2D eigenvalue weighted by molar-refractivity contribution is 7.99. The molecule has 3 aliphatic heterocycles. The fourth-order valence-electron chi connectivity index (χ4n) is 8.31. The second-order valence-corrected chi connectivity index (χ2v) is 18.2. The Bertz CT molecular complexity index is 2140. The van der Waals surface area contributed by atoms with Crippen LogP contribution >= 0.6 is 11.8 Å². The van der Waals surface area contributed by atoms with Gasteiger partial charge >= 0.3 is 5.63 Å². The van der Waals surface area contributed by atoms with E-state index in [2.05, 4.69) is 21.5 Å². The van der Waals surface area contributed by atoms with Gasteiger partial charge in [0.2, 0.25) is 11.7 Å². The maximum absolute atomic E-state index is 13.8. The van der Waals surface area contributed by atoms with Crippen molar-refractivity contribution in [3.05, 3.63) is 40.2 Å². The summed E-state index contributed by atoms with van der Waals surface area (Å²) in [5, 5.41) is 123. The number of carbonyl (C=O) groups is 3. The van der Waals surface area contributed by atoms with Crippen LogP contribution in [0, 0.1) is 18.3 Å². The summed E-state index contributed by atoms with van der Waals surface area (Å²) in [7, 11) is 0. The van der Waals surface area contributed by atoms with Crippen molar-refractivity contribution in [1.82, 2.24) is 10.6 Å². The van der Waals surface area contributed by atoms with Crippen molar-refractivity contribution in [3.8, 4) is 12.3 Å². The van der Waals surface area contributed by atoms with Crippen molar-refractivity contribution in [1.29, 1.82) is 0 Å². The van der Waals surface area contributed by atoms with E-state index >= 15 is 0 Å². The molecular weight excluding hydrogens is 951 g/mol. The molecule has 0 radical (unpaired) electrons. The standard InChI is InChI=1S/C45H65N3O21S/c1-4-13-46-30(52)10-8-7-9-26(51)25(20-70-15-14-47-41(62)24-16-22-11-12-23(48(5-2)6-3)17-27(22)65-42(24)63)31(53)39-36(58)35(57)37(59)43(67-39)64-19-29-32(54)34(56)38(60)44(66-29)69-45(21-50)40(61)33(55)28(18-49)68-45/h1,11-12,16-17,25,28-29,31-40,43-44,49-50,53-61H,5-10,13-15,18-21H2,2-3H3,(H,46,52)(H,47,62)/t25?,28-,29-,31?,32-,33-,34+,35+,36-,37-,38-,39-,40+,43+,44-,45+/m1/s1. The lowest BCUT2D eigenvalue weighted by atomic mass is 9.86. The molecule has 0 spiro atoms. The van der Waals surface area contributed by atoms with Crippen LogP contribution in [-0.4, -0.2) is 223 Å². The number of benzene rings is 1. The lowest BCUT2D eigenvalue weighted by molar-refractivity contribution is -0.388. The predicted octanol–water partition coefficient (Wildman–Crippen LogP) is -4.59. The number of ether oxygens (including phenoxy) is 5. The molecule has 24 nitrogen and oxygen atoms in total. The molecule has 1 aromatic heterocycles. The molecular formula is C45H65N3O21S. The van der Waals surface area contributed by atoms with E-state index in [0.717, 1.165) is 30.5 Å².